The van der Waals surface area contributed by atoms with Crippen LogP contribution in [0, 0.1) is 6.92 Å². The Kier molecular flexibility index (Phi) is 6.57. The average molecular weight is 404 g/mol. The number of hydrogen-bond acceptors (Lipinski definition) is 5. The van der Waals surface area contributed by atoms with Crippen LogP contribution in [0.5, 0.6) is 0 Å². The number of aromatic nitrogens is 1. The normalized spacial score (nSPS) is 10.6. The van der Waals surface area contributed by atoms with Gasteiger partial charge in [-0.25, -0.2) is 4.79 Å². The number of ether oxygens (including phenoxy) is 1. The molecule has 6 heteroatoms. The third-order valence-corrected chi connectivity index (χ3v) is 4.91. The van der Waals surface area contributed by atoms with E-state index in [1.165, 1.54) is 0 Å². The molecule has 1 heterocycles. The molecule has 0 bridgehead atoms. The van der Waals surface area contributed by atoms with Gasteiger partial charge in [0.2, 0.25) is 5.91 Å². The van der Waals surface area contributed by atoms with Crippen LogP contribution >= 0.6 is 0 Å². The van der Waals surface area contributed by atoms with Crippen LogP contribution in [0.2, 0.25) is 0 Å². The quantitative estimate of drug-likeness (QED) is 0.463. The summed E-state index contributed by atoms with van der Waals surface area (Å²) in [5, 5.41) is 3.61. The third-order valence-electron chi connectivity index (χ3n) is 4.91. The predicted octanol–water partition coefficient (Wildman–Crippen LogP) is 4.49. The first-order valence-electron chi connectivity index (χ1n) is 9.93. The van der Waals surface area contributed by atoms with Crippen LogP contribution in [0.1, 0.15) is 52.2 Å². The van der Waals surface area contributed by atoms with Crippen molar-refractivity contribution in [1.29, 1.82) is 0 Å². The fraction of sp³-hybridized carbons (Fsp3) is 0.250. The van der Waals surface area contributed by atoms with Crippen LogP contribution in [-0.2, 0) is 16.0 Å². The Balaban J connectivity index is 1.73. The lowest BCUT2D eigenvalue weighted by Gasteiger charge is -2.13. The number of aryl methyl sites for hydroxylation is 2. The van der Waals surface area contributed by atoms with Crippen LogP contribution in [0.3, 0.4) is 0 Å². The van der Waals surface area contributed by atoms with Gasteiger partial charge in [0.05, 0.1) is 16.8 Å². The maximum absolute atomic E-state index is 12.8. The molecule has 0 atom stereocenters. The number of carbonyl (C=O) groups is 3. The third kappa shape index (κ3) is 4.54. The highest BCUT2D eigenvalue weighted by Crippen LogP contribution is 2.24. The zero-order valence-electron chi connectivity index (χ0n) is 17.3. The van der Waals surface area contributed by atoms with Crippen molar-refractivity contribution in [3.63, 3.8) is 0 Å². The number of anilines is 1. The Morgan fingerprint density at radius 2 is 1.70 bits per heavy atom. The van der Waals surface area contributed by atoms with Gasteiger partial charge in [-0.05, 0) is 49.2 Å². The number of fused-ring (bicyclic) bond motifs is 1. The Hall–Kier alpha value is -3.54. The number of nitrogens with one attached hydrogen (secondary N) is 1. The van der Waals surface area contributed by atoms with Crippen LogP contribution in [0.4, 0.5) is 5.69 Å². The maximum Gasteiger partial charge on any atom is 0.340 e. The Bertz CT molecular complexity index is 1100. The van der Waals surface area contributed by atoms with Gasteiger partial charge in [0.1, 0.15) is 0 Å². The lowest BCUT2D eigenvalue weighted by Crippen LogP contribution is -2.17. The lowest BCUT2D eigenvalue weighted by atomic mass is 10.0. The zero-order chi connectivity index (χ0) is 21.7. The van der Waals surface area contributed by atoms with Crippen LogP contribution in [0.25, 0.3) is 10.9 Å². The molecule has 1 amide bonds. The van der Waals surface area contributed by atoms with E-state index in [9.17, 15) is 14.4 Å². The molecule has 0 saturated heterocycles. The van der Waals surface area contributed by atoms with E-state index in [0.29, 0.717) is 35.3 Å². The molecule has 0 fully saturated rings. The minimum atomic E-state index is -0.553. The SMILES string of the molecule is CCC(=O)Nc1ccc(C(=O)COC(=O)c2c(CC)nc3ccccc3c2C)cc1. The fourth-order valence-corrected chi connectivity index (χ4v) is 3.24. The number of hydrogen-bond donors (Lipinski definition) is 1. The topological polar surface area (TPSA) is 85.4 Å². The van der Waals surface area contributed by atoms with Crippen molar-refractivity contribution in [2.24, 2.45) is 0 Å². The lowest BCUT2D eigenvalue weighted by molar-refractivity contribution is -0.115. The van der Waals surface area contributed by atoms with E-state index in [2.05, 4.69) is 10.3 Å². The molecule has 154 valence electrons. The molecule has 3 rings (SSSR count). The van der Waals surface area contributed by atoms with E-state index in [1.807, 2.05) is 38.1 Å². The number of amides is 1. The molecule has 3 aromatic rings. The largest absolute Gasteiger partial charge is 0.454 e. The molecule has 2 aromatic carbocycles. The Morgan fingerprint density at radius 1 is 1.00 bits per heavy atom. The molecule has 0 aliphatic rings. The van der Waals surface area contributed by atoms with E-state index >= 15 is 0 Å². The van der Waals surface area contributed by atoms with E-state index in [-0.39, 0.29) is 18.3 Å². The second kappa shape index (κ2) is 9.31. The number of pyridine rings is 1. The van der Waals surface area contributed by atoms with Gasteiger partial charge in [-0.15, -0.1) is 0 Å². The molecule has 0 aliphatic carbocycles. The summed E-state index contributed by atoms with van der Waals surface area (Å²) in [5.74, 6) is -0.974. The van der Waals surface area contributed by atoms with Crippen LogP contribution < -0.4 is 5.32 Å². The van der Waals surface area contributed by atoms with E-state index in [1.54, 1.807) is 31.2 Å². The predicted molar refractivity (Wildman–Crippen MR) is 116 cm³/mol. The standard InChI is InChI=1S/C24H24N2O4/c1-4-19-23(15(3)18-8-6-7-9-20(18)26-19)24(29)30-14-21(27)16-10-12-17(13-11-16)25-22(28)5-2/h6-13H,4-5,14H2,1-3H3,(H,25,28). The zero-order valence-corrected chi connectivity index (χ0v) is 17.3. The summed E-state index contributed by atoms with van der Waals surface area (Å²) in [7, 11) is 0. The summed E-state index contributed by atoms with van der Waals surface area (Å²) < 4.78 is 5.33. The number of para-hydroxylation sites is 1. The molecular formula is C24H24N2O4. The maximum atomic E-state index is 12.8. The first-order chi connectivity index (χ1) is 14.4. The van der Waals surface area contributed by atoms with Gasteiger partial charge in [-0.1, -0.05) is 32.0 Å². The molecule has 0 spiro atoms. The summed E-state index contributed by atoms with van der Waals surface area (Å²) in [5.41, 5.74) is 3.71. The molecule has 1 aromatic heterocycles. The van der Waals surface area contributed by atoms with Gasteiger partial charge in [0, 0.05) is 23.1 Å². The number of Topliss-reactive ketones (excluding diaryl/α,β-unsaturated/α-hetero) is 1. The summed E-state index contributed by atoms with van der Waals surface area (Å²) in [6.07, 6.45) is 0.953. The number of carbonyl (C=O) groups excluding carboxylic acids is 3. The minimum absolute atomic E-state index is 0.103. The summed E-state index contributed by atoms with van der Waals surface area (Å²) >= 11 is 0. The molecule has 6 nitrogen and oxygen atoms in total. The van der Waals surface area contributed by atoms with Gasteiger partial charge >= 0.3 is 5.97 Å². The van der Waals surface area contributed by atoms with Gasteiger partial charge < -0.3 is 10.1 Å². The van der Waals surface area contributed by atoms with Crippen LogP contribution in [-0.4, -0.2) is 29.3 Å². The van der Waals surface area contributed by atoms with Crippen molar-refractivity contribution in [3.8, 4) is 0 Å². The molecule has 30 heavy (non-hydrogen) atoms. The highest BCUT2D eigenvalue weighted by molar-refractivity contribution is 6.02. The molecule has 0 unspecified atom stereocenters. The molecule has 0 radical (unpaired) electrons. The van der Waals surface area contributed by atoms with Crippen LogP contribution in [0.15, 0.2) is 48.5 Å². The summed E-state index contributed by atoms with van der Waals surface area (Å²) in [6, 6.07) is 14.1. The number of ketones is 1. The Morgan fingerprint density at radius 3 is 2.37 bits per heavy atom. The van der Waals surface area contributed by atoms with Gasteiger partial charge in [-0.3, -0.25) is 14.6 Å². The number of esters is 1. The second-order valence-electron chi connectivity index (χ2n) is 6.91. The molecular weight excluding hydrogens is 380 g/mol. The highest BCUT2D eigenvalue weighted by Gasteiger charge is 2.20. The van der Waals surface area contributed by atoms with Crippen molar-refractivity contribution >= 4 is 34.3 Å². The van der Waals surface area contributed by atoms with Crippen molar-refractivity contribution in [1.82, 2.24) is 4.98 Å². The van der Waals surface area contributed by atoms with Crippen molar-refractivity contribution in [3.05, 3.63) is 70.9 Å². The van der Waals surface area contributed by atoms with E-state index in [0.717, 1.165) is 16.5 Å². The fourth-order valence-electron chi connectivity index (χ4n) is 3.24. The first kappa shape index (κ1) is 21.2. The highest BCUT2D eigenvalue weighted by atomic mass is 16.5. The second-order valence-corrected chi connectivity index (χ2v) is 6.91. The summed E-state index contributed by atoms with van der Waals surface area (Å²) in [6.45, 7) is 5.19. The van der Waals surface area contributed by atoms with Crippen molar-refractivity contribution in [2.45, 2.75) is 33.6 Å². The van der Waals surface area contributed by atoms with E-state index < -0.39 is 5.97 Å². The van der Waals surface area contributed by atoms with Gasteiger partial charge in [-0.2, -0.15) is 0 Å². The number of rotatable bonds is 7. The van der Waals surface area contributed by atoms with E-state index in [4.69, 9.17) is 4.74 Å². The number of nitrogens with zero attached hydrogens (tertiary/aromatic N) is 1. The summed E-state index contributed by atoms with van der Waals surface area (Å²) in [4.78, 5) is 41.2. The minimum Gasteiger partial charge on any atom is -0.454 e. The Labute approximate surface area is 175 Å². The van der Waals surface area contributed by atoms with Gasteiger partial charge in [0.25, 0.3) is 0 Å². The van der Waals surface area contributed by atoms with Crippen molar-refractivity contribution in [2.75, 3.05) is 11.9 Å². The monoisotopic (exact) mass is 404 g/mol. The number of benzene rings is 2. The van der Waals surface area contributed by atoms with Gasteiger partial charge in [0.15, 0.2) is 12.4 Å². The first-order valence-corrected chi connectivity index (χ1v) is 9.93. The van der Waals surface area contributed by atoms with Crippen molar-refractivity contribution < 1.29 is 19.1 Å². The smallest absolute Gasteiger partial charge is 0.340 e. The molecule has 0 saturated carbocycles. The molecule has 1 N–H and O–H groups in total. The molecule has 0 aliphatic heterocycles. The average Bonchev–Trinajstić information content (AvgIpc) is 2.77.